The van der Waals surface area contributed by atoms with Crippen LogP contribution in [-0.2, 0) is 10.2 Å². The van der Waals surface area contributed by atoms with Crippen molar-refractivity contribution in [2.24, 2.45) is 0 Å². The van der Waals surface area contributed by atoms with Gasteiger partial charge in [0.25, 0.3) is 0 Å². The van der Waals surface area contributed by atoms with Crippen LogP contribution in [0.2, 0.25) is 0 Å². The number of aromatic nitrogens is 2. The van der Waals surface area contributed by atoms with Crippen LogP contribution in [0.15, 0.2) is 48.7 Å². The molecule has 108 valence electrons. The maximum Gasteiger partial charge on any atom is 0.238 e. The Morgan fingerprint density at radius 1 is 1.27 bits per heavy atom. The van der Waals surface area contributed by atoms with Crippen LogP contribution in [-0.4, -0.2) is 23.2 Å². The molecular formula is C18H15N3O. The van der Waals surface area contributed by atoms with Gasteiger partial charge in [0.15, 0.2) is 0 Å². The molecule has 1 N–H and O–H groups in total. The van der Waals surface area contributed by atoms with Gasteiger partial charge in [0.1, 0.15) is 0 Å². The average molecular weight is 289 g/mol. The Kier molecular flexibility index (Phi) is 2.05. The van der Waals surface area contributed by atoms with E-state index in [1.54, 1.807) is 0 Å². The Hall–Kier alpha value is -2.62. The number of rotatable bonds is 1. The van der Waals surface area contributed by atoms with Gasteiger partial charge in [0.2, 0.25) is 5.91 Å². The molecule has 4 nitrogen and oxygen atoms in total. The molecule has 4 heteroatoms. The molecule has 3 aromatic rings. The third kappa shape index (κ3) is 1.28. The lowest BCUT2D eigenvalue weighted by Crippen LogP contribution is -2.29. The van der Waals surface area contributed by atoms with E-state index in [1.807, 2.05) is 36.3 Å². The molecule has 0 radical (unpaired) electrons. The van der Waals surface area contributed by atoms with Crippen molar-refractivity contribution in [3.8, 4) is 0 Å². The first kappa shape index (κ1) is 12.0. The fourth-order valence-corrected chi connectivity index (χ4v) is 4.04. The predicted octanol–water partition coefficient (Wildman–Crippen LogP) is 2.96. The monoisotopic (exact) mass is 289 g/mol. The predicted molar refractivity (Wildman–Crippen MR) is 85.0 cm³/mol. The van der Waals surface area contributed by atoms with Gasteiger partial charge in [0, 0.05) is 24.0 Å². The summed E-state index contributed by atoms with van der Waals surface area (Å²) in [4.78, 5) is 14.7. The van der Waals surface area contributed by atoms with Crippen molar-refractivity contribution in [3.63, 3.8) is 0 Å². The standard InChI is InChI=1S/C18H15N3O/c1-21-16-5-3-2-4-13(16)18(17(21)22)9-14(18)11-6-7-12-10-19-20-15(12)8-11/h2-8,10,14H,9H2,1H3,(H,19,20)/t14?,18-/m0/s1. The molecule has 22 heavy (non-hydrogen) atoms. The third-order valence-corrected chi connectivity index (χ3v) is 5.26. The maximum absolute atomic E-state index is 12.8. The van der Waals surface area contributed by atoms with E-state index >= 15 is 0 Å². The van der Waals surface area contributed by atoms with Gasteiger partial charge >= 0.3 is 0 Å². The topological polar surface area (TPSA) is 49.0 Å². The number of benzene rings is 2. The number of anilines is 1. The van der Waals surface area contributed by atoms with E-state index in [1.165, 1.54) is 11.1 Å². The summed E-state index contributed by atoms with van der Waals surface area (Å²) in [5, 5.41) is 8.19. The second-order valence-corrected chi connectivity index (χ2v) is 6.33. The largest absolute Gasteiger partial charge is 0.314 e. The van der Waals surface area contributed by atoms with Gasteiger partial charge in [-0.25, -0.2) is 0 Å². The minimum Gasteiger partial charge on any atom is -0.314 e. The van der Waals surface area contributed by atoms with E-state index in [-0.39, 0.29) is 17.2 Å². The molecule has 2 atom stereocenters. The molecule has 1 aliphatic heterocycles. The van der Waals surface area contributed by atoms with Gasteiger partial charge in [-0.05, 0) is 29.7 Å². The summed E-state index contributed by atoms with van der Waals surface area (Å²) in [6.45, 7) is 0. The number of likely N-dealkylation sites (N-methyl/N-ethyl adjacent to an activating group) is 1. The lowest BCUT2D eigenvalue weighted by atomic mass is 9.92. The van der Waals surface area contributed by atoms with Crippen LogP contribution in [0.4, 0.5) is 5.69 Å². The second-order valence-electron chi connectivity index (χ2n) is 6.33. The number of aromatic amines is 1. The summed E-state index contributed by atoms with van der Waals surface area (Å²) in [6.07, 6.45) is 2.72. The zero-order valence-electron chi connectivity index (χ0n) is 12.2. The quantitative estimate of drug-likeness (QED) is 0.748. The molecule has 1 spiro atoms. The number of nitrogens with one attached hydrogen (secondary N) is 1. The molecule has 1 saturated carbocycles. The summed E-state index contributed by atoms with van der Waals surface area (Å²) < 4.78 is 0. The van der Waals surface area contributed by atoms with Crippen LogP contribution in [0.3, 0.4) is 0 Å². The number of nitrogens with zero attached hydrogens (tertiary/aromatic N) is 2. The summed E-state index contributed by atoms with van der Waals surface area (Å²) in [5.74, 6) is 0.488. The lowest BCUT2D eigenvalue weighted by molar-refractivity contribution is -0.120. The molecule has 1 fully saturated rings. The third-order valence-electron chi connectivity index (χ3n) is 5.26. The highest BCUT2D eigenvalue weighted by molar-refractivity contribution is 6.11. The van der Waals surface area contributed by atoms with E-state index in [2.05, 4.69) is 34.5 Å². The van der Waals surface area contributed by atoms with Gasteiger partial charge in [0.05, 0.1) is 17.1 Å². The maximum atomic E-state index is 12.8. The van der Waals surface area contributed by atoms with Crippen LogP contribution < -0.4 is 4.90 Å². The van der Waals surface area contributed by atoms with Gasteiger partial charge in [-0.1, -0.05) is 30.3 Å². The molecule has 0 saturated heterocycles. The van der Waals surface area contributed by atoms with Crippen LogP contribution in [0.5, 0.6) is 0 Å². The zero-order chi connectivity index (χ0) is 14.9. The number of amides is 1. The molecule has 1 amide bonds. The highest BCUT2D eigenvalue weighted by Gasteiger charge is 2.66. The average Bonchev–Trinajstić information content (AvgIpc) is 3.07. The number of hydrogen-bond donors (Lipinski definition) is 1. The van der Waals surface area contributed by atoms with Crippen LogP contribution in [0.25, 0.3) is 10.9 Å². The normalized spacial score (nSPS) is 26.0. The van der Waals surface area contributed by atoms with E-state index in [9.17, 15) is 4.79 Å². The Labute approximate surface area is 127 Å². The van der Waals surface area contributed by atoms with Crippen LogP contribution >= 0.6 is 0 Å². The molecule has 2 aromatic carbocycles. The first-order chi connectivity index (χ1) is 10.7. The zero-order valence-corrected chi connectivity index (χ0v) is 12.2. The smallest absolute Gasteiger partial charge is 0.238 e. The van der Waals surface area contributed by atoms with E-state index in [0.717, 1.165) is 23.0 Å². The van der Waals surface area contributed by atoms with Crippen molar-refractivity contribution < 1.29 is 4.79 Å². The van der Waals surface area contributed by atoms with Gasteiger partial charge in [-0.2, -0.15) is 5.10 Å². The Balaban J connectivity index is 1.64. The second kappa shape index (κ2) is 3.77. The SMILES string of the molecule is CN1C(=O)[C@@]2(CC2c2ccc3cn[nH]c3c2)c2ccccc21. The number of hydrogen-bond acceptors (Lipinski definition) is 2. The van der Waals surface area contributed by atoms with Gasteiger partial charge in [-0.3, -0.25) is 9.89 Å². The Bertz CT molecular complexity index is 929. The summed E-state index contributed by atoms with van der Waals surface area (Å²) in [6, 6.07) is 14.5. The number of carbonyl (C=O) groups excluding carboxylic acids is 1. The first-order valence-electron chi connectivity index (χ1n) is 7.52. The molecule has 0 bridgehead atoms. The minimum atomic E-state index is -0.348. The van der Waals surface area contributed by atoms with Crippen molar-refractivity contribution in [1.82, 2.24) is 10.2 Å². The van der Waals surface area contributed by atoms with Crippen molar-refractivity contribution in [3.05, 3.63) is 59.8 Å². The first-order valence-corrected chi connectivity index (χ1v) is 7.52. The van der Waals surface area contributed by atoms with Gasteiger partial charge in [-0.15, -0.1) is 0 Å². The Morgan fingerprint density at radius 3 is 3.05 bits per heavy atom. The Morgan fingerprint density at radius 2 is 2.14 bits per heavy atom. The number of para-hydroxylation sites is 1. The lowest BCUT2D eigenvalue weighted by Gasteiger charge is -2.11. The highest BCUT2D eigenvalue weighted by atomic mass is 16.2. The molecular weight excluding hydrogens is 274 g/mol. The van der Waals surface area contributed by atoms with Crippen LogP contribution in [0, 0.1) is 0 Å². The number of H-pyrrole nitrogens is 1. The fraction of sp³-hybridized carbons (Fsp3) is 0.222. The van der Waals surface area contributed by atoms with E-state index in [0.29, 0.717) is 0 Å². The fourth-order valence-electron chi connectivity index (χ4n) is 4.04. The number of fused-ring (bicyclic) bond motifs is 3. The molecule has 1 aromatic heterocycles. The summed E-state index contributed by atoms with van der Waals surface area (Å²) in [7, 11) is 1.88. The molecule has 1 unspecified atom stereocenters. The van der Waals surface area contributed by atoms with E-state index < -0.39 is 0 Å². The molecule has 2 heterocycles. The van der Waals surface area contributed by atoms with E-state index in [4.69, 9.17) is 0 Å². The molecule has 1 aliphatic carbocycles. The molecule has 5 rings (SSSR count). The van der Waals surface area contributed by atoms with Crippen molar-refractivity contribution in [2.45, 2.75) is 17.8 Å². The van der Waals surface area contributed by atoms with Crippen molar-refractivity contribution in [2.75, 3.05) is 11.9 Å². The highest BCUT2D eigenvalue weighted by Crippen LogP contribution is 2.66. The number of carbonyl (C=O) groups is 1. The molecule has 2 aliphatic rings. The van der Waals surface area contributed by atoms with Gasteiger partial charge < -0.3 is 4.90 Å². The van der Waals surface area contributed by atoms with Crippen molar-refractivity contribution >= 4 is 22.5 Å². The summed E-state index contributed by atoms with van der Waals surface area (Å²) >= 11 is 0. The minimum absolute atomic E-state index is 0.225. The van der Waals surface area contributed by atoms with Crippen LogP contribution in [0.1, 0.15) is 23.5 Å². The van der Waals surface area contributed by atoms with Crippen molar-refractivity contribution in [1.29, 1.82) is 0 Å². The summed E-state index contributed by atoms with van der Waals surface area (Å²) in [5.41, 5.74) is 4.13.